The first-order valence-corrected chi connectivity index (χ1v) is 7.75. The summed E-state index contributed by atoms with van der Waals surface area (Å²) in [5, 5.41) is 12.7. The molecule has 0 saturated heterocycles. The lowest BCUT2D eigenvalue weighted by Crippen LogP contribution is -2.17. The van der Waals surface area contributed by atoms with Crippen molar-refractivity contribution in [1.82, 2.24) is 9.78 Å². The average molecular weight is 272 g/mol. The predicted molar refractivity (Wildman–Crippen MR) is 64.9 cm³/mol. The zero-order chi connectivity index (χ0) is 13.2. The van der Waals surface area contributed by atoms with Gasteiger partial charge < -0.3 is 5.11 Å². The third-order valence-corrected chi connectivity index (χ3v) is 4.50. The minimum atomic E-state index is -3.62. The number of hydrogen-bond donors (Lipinski definition) is 1. The number of carboxylic acid groups (broad SMARTS) is 1. The minimum absolute atomic E-state index is 0.307. The van der Waals surface area contributed by atoms with E-state index in [1.165, 1.54) is 12.8 Å². The zero-order valence-corrected chi connectivity index (χ0v) is 10.8. The molecule has 1 saturated carbocycles. The lowest BCUT2D eigenvalue weighted by Gasteiger charge is -2.08. The van der Waals surface area contributed by atoms with Gasteiger partial charge in [-0.1, -0.05) is 12.8 Å². The van der Waals surface area contributed by atoms with Crippen LogP contribution >= 0.6 is 0 Å². The first-order chi connectivity index (χ1) is 8.46. The molecule has 7 heteroatoms. The molecule has 1 fully saturated rings. The van der Waals surface area contributed by atoms with E-state index in [1.54, 1.807) is 16.9 Å². The van der Waals surface area contributed by atoms with Gasteiger partial charge in [0.05, 0.1) is 17.5 Å². The van der Waals surface area contributed by atoms with Crippen molar-refractivity contribution in [2.24, 2.45) is 0 Å². The van der Waals surface area contributed by atoms with E-state index in [4.69, 9.17) is 5.11 Å². The Labute approximate surface area is 106 Å². The number of rotatable bonds is 5. The van der Waals surface area contributed by atoms with Gasteiger partial charge in [0.15, 0.2) is 9.84 Å². The normalized spacial score (nSPS) is 17.1. The van der Waals surface area contributed by atoms with Crippen LogP contribution in [0.3, 0.4) is 0 Å². The van der Waals surface area contributed by atoms with Gasteiger partial charge in [-0.05, 0) is 18.9 Å². The molecule has 18 heavy (non-hydrogen) atoms. The average Bonchev–Trinajstić information content (AvgIpc) is 2.82. The second kappa shape index (κ2) is 5.09. The first-order valence-electron chi connectivity index (χ1n) is 5.92. The summed E-state index contributed by atoms with van der Waals surface area (Å²) < 4.78 is 24.8. The van der Waals surface area contributed by atoms with Crippen molar-refractivity contribution < 1.29 is 18.3 Å². The van der Waals surface area contributed by atoms with E-state index in [0.717, 1.165) is 12.8 Å². The van der Waals surface area contributed by atoms with E-state index in [1.807, 2.05) is 0 Å². The van der Waals surface area contributed by atoms with Crippen LogP contribution in [0.1, 0.15) is 37.4 Å². The summed E-state index contributed by atoms with van der Waals surface area (Å²) in [5.74, 6) is -2.48. The lowest BCUT2D eigenvalue weighted by molar-refractivity contribution is -0.134. The van der Waals surface area contributed by atoms with Crippen LogP contribution in [-0.4, -0.2) is 35.0 Å². The van der Waals surface area contributed by atoms with Crippen LogP contribution in [0.15, 0.2) is 12.3 Å². The van der Waals surface area contributed by atoms with Crippen molar-refractivity contribution in [3.8, 4) is 0 Å². The van der Waals surface area contributed by atoms with Crippen LogP contribution in [-0.2, 0) is 20.4 Å². The summed E-state index contributed by atoms with van der Waals surface area (Å²) >= 11 is 0. The molecule has 0 aromatic carbocycles. The Morgan fingerprint density at radius 3 is 2.72 bits per heavy atom. The fraction of sp³-hybridized carbons (Fsp3) is 0.636. The van der Waals surface area contributed by atoms with Crippen LogP contribution in [0.25, 0.3) is 0 Å². The summed E-state index contributed by atoms with van der Waals surface area (Å²) in [5.41, 5.74) is 0.420. The Balaban J connectivity index is 2.04. The maximum atomic E-state index is 11.5. The van der Waals surface area contributed by atoms with Gasteiger partial charge >= 0.3 is 5.97 Å². The molecule has 6 nitrogen and oxygen atoms in total. The molecule has 1 aliphatic rings. The number of hydrogen-bond acceptors (Lipinski definition) is 4. The quantitative estimate of drug-likeness (QED) is 0.863. The van der Waals surface area contributed by atoms with Crippen molar-refractivity contribution in [2.45, 2.75) is 37.5 Å². The molecule has 0 radical (unpaired) electrons. The predicted octanol–water partition coefficient (Wildman–Crippen LogP) is 0.998. The van der Waals surface area contributed by atoms with Crippen molar-refractivity contribution >= 4 is 15.8 Å². The van der Waals surface area contributed by atoms with E-state index in [9.17, 15) is 13.2 Å². The van der Waals surface area contributed by atoms with Gasteiger partial charge in [-0.15, -0.1) is 0 Å². The molecule has 0 bridgehead atoms. The van der Waals surface area contributed by atoms with Gasteiger partial charge in [0.2, 0.25) is 0 Å². The van der Waals surface area contributed by atoms with Crippen LogP contribution < -0.4 is 0 Å². The topological polar surface area (TPSA) is 89.3 Å². The smallest absolute Gasteiger partial charge is 0.318 e. The van der Waals surface area contributed by atoms with E-state index in [0.29, 0.717) is 11.7 Å². The molecule has 2 rings (SSSR count). The number of aromatic nitrogens is 2. The molecule has 100 valence electrons. The van der Waals surface area contributed by atoms with Crippen molar-refractivity contribution in [2.75, 3.05) is 5.75 Å². The summed E-state index contributed by atoms with van der Waals surface area (Å²) in [7, 11) is -3.62. The van der Waals surface area contributed by atoms with Gasteiger partial charge in [-0.25, -0.2) is 8.42 Å². The van der Waals surface area contributed by atoms with Crippen molar-refractivity contribution in [3.05, 3.63) is 18.0 Å². The van der Waals surface area contributed by atoms with Gasteiger partial charge in [-0.3, -0.25) is 9.48 Å². The van der Waals surface area contributed by atoms with Crippen LogP contribution in [0.2, 0.25) is 0 Å². The van der Waals surface area contributed by atoms with E-state index in [-0.39, 0.29) is 5.75 Å². The molecule has 0 spiro atoms. The number of aliphatic carboxylic acids is 1. The monoisotopic (exact) mass is 272 g/mol. The number of nitrogens with zero attached hydrogens (tertiary/aromatic N) is 2. The molecule has 0 atom stereocenters. The number of sulfone groups is 1. The highest BCUT2D eigenvalue weighted by molar-refractivity contribution is 7.91. The number of carboxylic acids is 1. The largest absolute Gasteiger partial charge is 0.480 e. The van der Waals surface area contributed by atoms with Gasteiger partial charge in [-0.2, -0.15) is 5.10 Å². The lowest BCUT2D eigenvalue weighted by atomic mass is 10.3. The molecule has 0 unspecified atom stereocenters. The summed E-state index contributed by atoms with van der Waals surface area (Å²) in [6.45, 7) is 0. The van der Waals surface area contributed by atoms with Gasteiger partial charge in [0.1, 0.15) is 5.75 Å². The Morgan fingerprint density at radius 1 is 1.44 bits per heavy atom. The third kappa shape index (κ3) is 3.32. The van der Waals surface area contributed by atoms with Crippen LogP contribution in [0, 0.1) is 0 Å². The maximum absolute atomic E-state index is 11.5. The van der Waals surface area contributed by atoms with Crippen molar-refractivity contribution in [1.29, 1.82) is 0 Å². The molecule has 1 heterocycles. The molecule has 1 aromatic heterocycles. The standard InChI is InChI=1S/C11H16N2O4S/c14-11(15)8-18(16,17)7-9-5-6-13(12-9)10-3-1-2-4-10/h5-6,10H,1-4,7-8H2,(H,14,15). The minimum Gasteiger partial charge on any atom is -0.480 e. The third-order valence-electron chi connectivity index (χ3n) is 3.07. The fourth-order valence-corrected chi connectivity index (χ4v) is 3.37. The highest BCUT2D eigenvalue weighted by Gasteiger charge is 2.21. The van der Waals surface area contributed by atoms with Gasteiger partial charge in [0, 0.05) is 6.20 Å². The molecular weight excluding hydrogens is 256 g/mol. The maximum Gasteiger partial charge on any atom is 0.318 e. The highest BCUT2D eigenvalue weighted by atomic mass is 32.2. The Morgan fingerprint density at radius 2 is 2.11 bits per heavy atom. The Hall–Kier alpha value is -1.37. The SMILES string of the molecule is O=C(O)CS(=O)(=O)Cc1ccn(C2CCCC2)n1. The Kier molecular flexibility index (Phi) is 3.70. The number of carbonyl (C=O) groups is 1. The molecule has 0 amide bonds. The zero-order valence-electron chi connectivity index (χ0n) is 9.95. The molecule has 1 aliphatic carbocycles. The fourth-order valence-electron chi connectivity index (χ4n) is 2.29. The summed E-state index contributed by atoms with van der Waals surface area (Å²) in [6, 6.07) is 2.01. The van der Waals surface area contributed by atoms with E-state index in [2.05, 4.69) is 5.10 Å². The second-order valence-electron chi connectivity index (χ2n) is 4.65. The van der Waals surface area contributed by atoms with E-state index >= 15 is 0 Å². The summed E-state index contributed by atoms with van der Waals surface area (Å²) in [6.07, 6.45) is 6.28. The summed E-state index contributed by atoms with van der Waals surface area (Å²) in [4.78, 5) is 10.4. The Bertz CT molecular complexity index is 529. The van der Waals surface area contributed by atoms with E-state index < -0.39 is 21.6 Å². The van der Waals surface area contributed by atoms with Crippen LogP contribution in [0.5, 0.6) is 0 Å². The highest BCUT2D eigenvalue weighted by Crippen LogP contribution is 2.28. The van der Waals surface area contributed by atoms with Gasteiger partial charge in [0.25, 0.3) is 0 Å². The van der Waals surface area contributed by atoms with Crippen LogP contribution in [0.4, 0.5) is 0 Å². The first kappa shape index (κ1) is 13.1. The molecular formula is C11H16N2O4S. The molecule has 1 N–H and O–H groups in total. The molecule has 0 aliphatic heterocycles. The van der Waals surface area contributed by atoms with Crippen molar-refractivity contribution in [3.63, 3.8) is 0 Å². The molecule has 1 aromatic rings. The second-order valence-corrected chi connectivity index (χ2v) is 6.72.